The zero-order valence-corrected chi connectivity index (χ0v) is 23.2. The van der Waals surface area contributed by atoms with Gasteiger partial charge in [-0.3, -0.25) is 14.4 Å². The van der Waals surface area contributed by atoms with Crippen molar-refractivity contribution in [2.24, 2.45) is 11.5 Å². The standard InChI is InChI=1S/C30H40N6O5/c1-19(38)27(34-30(41)24(32)15-20-9-3-2-4-10-20)29(40)28(39)26(13-7-8-14-31)36-35-22(18-37)16-21-17-33-25-12-6-5-11-23(21)25/h2-6,9-12,17-19,22,24,26-27,33,35-36,38H,7-8,13-16,31-32H2,1H3,(H,34,41)/t19-,22+,24+,26+,27+/m1/s1. The van der Waals surface area contributed by atoms with Crippen molar-refractivity contribution in [2.75, 3.05) is 6.54 Å². The smallest absolute Gasteiger partial charge is 0.237 e. The third-order valence-corrected chi connectivity index (χ3v) is 6.93. The van der Waals surface area contributed by atoms with Crippen molar-refractivity contribution in [3.8, 4) is 0 Å². The Kier molecular flexibility index (Phi) is 12.3. The number of carbonyl (C=O) groups is 4. The van der Waals surface area contributed by atoms with Crippen LogP contribution < -0.4 is 27.6 Å². The number of carbonyl (C=O) groups excluding carboxylic acids is 4. The molecule has 0 saturated heterocycles. The van der Waals surface area contributed by atoms with Crippen LogP contribution in [-0.2, 0) is 32.0 Å². The van der Waals surface area contributed by atoms with E-state index in [0.29, 0.717) is 25.8 Å². The predicted octanol–water partition coefficient (Wildman–Crippen LogP) is 0.444. The van der Waals surface area contributed by atoms with Gasteiger partial charge in [0.2, 0.25) is 17.5 Å². The topological polar surface area (TPSA) is 192 Å². The maximum Gasteiger partial charge on any atom is 0.237 e. The first-order valence-corrected chi connectivity index (χ1v) is 13.8. The average molecular weight is 565 g/mol. The molecule has 5 atom stereocenters. The van der Waals surface area contributed by atoms with E-state index in [2.05, 4.69) is 21.2 Å². The van der Waals surface area contributed by atoms with Gasteiger partial charge in [0.1, 0.15) is 12.3 Å². The van der Waals surface area contributed by atoms with E-state index >= 15 is 0 Å². The summed E-state index contributed by atoms with van der Waals surface area (Å²) in [5.41, 5.74) is 20.1. The maximum absolute atomic E-state index is 13.3. The van der Waals surface area contributed by atoms with Crippen molar-refractivity contribution in [3.05, 3.63) is 71.9 Å². The number of nitrogens with one attached hydrogen (secondary N) is 4. The number of hydrogen-bond acceptors (Lipinski definition) is 9. The Balaban J connectivity index is 1.67. The summed E-state index contributed by atoms with van der Waals surface area (Å²) < 4.78 is 0. The second kappa shape index (κ2) is 15.9. The molecular weight excluding hydrogens is 524 g/mol. The molecule has 2 aromatic carbocycles. The molecule has 0 radical (unpaired) electrons. The second-order valence-electron chi connectivity index (χ2n) is 10.2. The first-order valence-electron chi connectivity index (χ1n) is 13.8. The van der Waals surface area contributed by atoms with Gasteiger partial charge in [0.05, 0.1) is 24.2 Å². The minimum atomic E-state index is -1.48. The number of hydrazine groups is 1. The summed E-state index contributed by atoms with van der Waals surface area (Å²) in [6.45, 7) is 1.73. The van der Waals surface area contributed by atoms with Crippen LogP contribution in [0.25, 0.3) is 10.9 Å². The van der Waals surface area contributed by atoms with Gasteiger partial charge in [-0.25, -0.2) is 10.9 Å². The zero-order valence-electron chi connectivity index (χ0n) is 23.2. The summed E-state index contributed by atoms with van der Waals surface area (Å²) in [6.07, 6.45) is 3.18. The fraction of sp³-hybridized carbons (Fsp3) is 0.400. The molecular formula is C30H40N6O5. The molecule has 220 valence electrons. The van der Waals surface area contributed by atoms with Crippen LogP contribution in [0.1, 0.15) is 37.3 Å². The number of rotatable bonds is 18. The Hall–Kier alpha value is -3.74. The molecule has 11 nitrogen and oxygen atoms in total. The van der Waals surface area contributed by atoms with Gasteiger partial charge >= 0.3 is 0 Å². The van der Waals surface area contributed by atoms with Crippen LogP contribution >= 0.6 is 0 Å². The highest BCUT2D eigenvalue weighted by Crippen LogP contribution is 2.19. The zero-order chi connectivity index (χ0) is 29.8. The van der Waals surface area contributed by atoms with Crippen molar-refractivity contribution in [1.29, 1.82) is 0 Å². The van der Waals surface area contributed by atoms with Gasteiger partial charge in [-0.1, -0.05) is 55.0 Å². The summed E-state index contributed by atoms with van der Waals surface area (Å²) in [5.74, 6) is -2.47. The Morgan fingerprint density at radius 3 is 2.37 bits per heavy atom. The molecule has 0 saturated carbocycles. The number of para-hydroxylation sites is 1. The molecule has 1 heterocycles. The molecule has 3 aromatic rings. The molecule has 0 bridgehead atoms. The van der Waals surface area contributed by atoms with Gasteiger partial charge < -0.3 is 31.7 Å². The number of ketones is 2. The average Bonchev–Trinajstić information content (AvgIpc) is 3.39. The molecule has 41 heavy (non-hydrogen) atoms. The molecule has 3 rings (SSSR count). The van der Waals surface area contributed by atoms with E-state index in [1.165, 1.54) is 6.92 Å². The second-order valence-corrected chi connectivity index (χ2v) is 10.2. The summed E-state index contributed by atoms with van der Waals surface area (Å²) in [5, 5.41) is 13.7. The van der Waals surface area contributed by atoms with E-state index in [1.807, 2.05) is 60.8 Å². The normalized spacial score (nSPS) is 15.0. The first-order chi connectivity index (χ1) is 19.7. The molecule has 0 aliphatic heterocycles. The number of benzene rings is 2. The van der Waals surface area contributed by atoms with Crippen LogP contribution in [0.15, 0.2) is 60.8 Å². The highest BCUT2D eigenvalue weighted by molar-refractivity contribution is 6.41. The van der Waals surface area contributed by atoms with E-state index in [0.717, 1.165) is 28.3 Å². The van der Waals surface area contributed by atoms with E-state index < -0.39 is 47.7 Å². The van der Waals surface area contributed by atoms with Gasteiger partial charge in [0.15, 0.2) is 0 Å². The maximum atomic E-state index is 13.3. The Morgan fingerprint density at radius 1 is 0.976 bits per heavy atom. The van der Waals surface area contributed by atoms with Gasteiger partial charge in [-0.15, -0.1) is 0 Å². The Morgan fingerprint density at radius 2 is 1.68 bits per heavy atom. The molecule has 9 N–H and O–H groups in total. The lowest BCUT2D eigenvalue weighted by Crippen LogP contribution is -2.59. The first kappa shape index (κ1) is 31.8. The van der Waals surface area contributed by atoms with Gasteiger partial charge in [0, 0.05) is 17.1 Å². The van der Waals surface area contributed by atoms with Gasteiger partial charge in [0.25, 0.3) is 0 Å². The largest absolute Gasteiger partial charge is 0.391 e. The van der Waals surface area contributed by atoms with Crippen molar-refractivity contribution in [1.82, 2.24) is 21.2 Å². The van der Waals surface area contributed by atoms with E-state index in [-0.39, 0.29) is 12.8 Å². The van der Waals surface area contributed by atoms with Crippen LogP contribution in [0.2, 0.25) is 0 Å². The lowest BCUT2D eigenvalue weighted by Gasteiger charge is -2.25. The number of amides is 1. The number of H-pyrrole nitrogens is 1. The monoisotopic (exact) mass is 564 g/mol. The van der Waals surface area contributed by atoms with Crippen LogP contribution in [0.3, 0.4) is 0 Å². The quantitative estimate of drug-likeness (QED) is 0.0497. The lowest BCUT2D eigenvalue weighted by atomic mass is 9.96. The number of aliphatic hydroxyl groups is 1. The van der Waals surface area contributed by atoms with Crippen LogP contribution in [0.5, 0.6) is 0 Å². The fourth-order valence-electron chi connectivity index (χ4n) is 4.59. The highest BCUT2D eigenvalue weighted by atomic mass is 16.3. The molecule has 0 spiro atoms. The predicted molar refractivity (Wildman–Crippen MR) is 157 cm³/mol. The molecule has 0 fully saturated rings. The SMILES string of the molecule is C[C@@H](O)[C@H](NC(=O)[C@@H](N)Cc1ccccc1)C(=O)C(=O)[C@H](CCCCN)NN[C@H](C=O)Cc1c[nH]c2ccccc12. The third-order valence-electron chi connectivity index (χ3n) is 6.93. The molecule has 0 aliphatic rings. The number of aromatic nitrogens is 1. The van der Waals surface area contributed by atoms with Crippen molar-refractivity contribution >= 4 is 34.7 Å². The summed E-state index contributed by atoms with van der Waals surface area (Å²) in [7, 11) is 0. The fourth-order valence-corrected chi connectivity index (χ4v) is 4.59. The van der Waals surface area contributed by atoms with Crippen LogP contribution in [-0.4, -0.2) is 70.7 Å². The van der Waals surface area contributed by atoms with Crippen molar-refractivity contribution in [3.63, 3.8) is 0 Å². The molecule has 0 unspecified atom stereocenters. The van der Waals surface area contributed by atoms with Crippen LogP contribution in [0.4, 0.5) is 0 Å². The number of aldehydes is 1. The Bertz CT molecular complexity index is 1290. The van der Waals surface area contributed by atoms with Gasteiger partial charge in [-0.2, -0.15) is 0 Å². The van der Waals surface area contributed by atoms with E-state index in [1.54, 1.807) is 0 Å². The minimum absolute atomic E-state index is 0.220. The van der Waals surface area contributed by atoms with Crippen molar-refractivity contribution in [2.45, 2.75) is 69.3 Å². The number of nitrogens with two attached hydrogens (primary N) is 2. The number of aromatic amines is 1. The van der Waals surface area contributed by atoms with Crippen LogP contribution in [0, 0.1) is 0 Å². The van der Waals surface area contributed by atoms with Crippen molar-refractivity contribution < 1.29 is 24.3 Å². The third kappa shape index (κ3) is 9.13. The number of Topliss-reactive ketones (excluding diaryl/α,β-unsaturated/α-hetero) is 2. The highest BCUT2D eigenvalue weighted by Gasteiger charge is 2.35. The molecule has 1 amide bonds. The summed E-state index contributed by atoms with van der Waals surface area (Å²) in [4.78, 5) is 54.4. The number of hydrogen-bond donors (Lipinski definition) is 7. The van der Waals surface area contributed by atoms with E-state index in [4.69, 9.17) is 11.5 Å². The minimum Gasteiger partial charge on any atom is -0.391 e. The molecule has 1 aromatic heterocycles. The molecule has 0 aliphatic carbocycles. The summed E-state index contributed by atoms with van der Waals surface area (Å²) in [6, 6.07) is 12.7. The van der Waals surface area contributed by atoms with E-state index in [9.17, 15) is 24.3 Å². The summed E-state index contributed by atoms with van der Waals surface area (Å²) >= 11 is 0. The molecule has 11 heteroatoms. The van der Waals surface area contributed by atoms with Gasteiger partial charge in [-0.05, 0) is 56.3 Å². The number of fused-ring (bicyclic) bond motifs is 1. The Labute approximate surface area is 239 Å². The number of unbranched alkanes of at least 4 members (excludes halogenated alkanes) is 1. The number of aliphatic hydroxyl groups excluding tert-OH is 1. The lowest BCUT2D eigenvalue weighted by molar-refractivity contribution is -0.142.